The van der Waals surface area contributed by atoms with Crippen LogP contribution in [0.4, 0.5) is 0 Å². The molecule has 5 nitrogen and oxygen atoms in total. The first-order valence-electron chi connectivity index (χ1n) is 6.26. The molecule has 1 saturated carbocycles. The summed E-state index contributed by atoms with van der Waals surface area (Å²) in [6.45, 7) is 0.463. The van der Waals surface area contributed by atoms with E-state index in [1.54, 1.807) is 0 Å². The van der Waals surface area contributed by atoms with Gasteiger partial charge in [-0.2, -0.15) is 0 Å². The van der Waals surface area contributed by atoms with E-state index >= 15 is 0 Å². The van der Waals surface area contributed by atoms with E-state index in [-0.39, 0.29) is 24.2 Å². The first-order valence-corrected chi connectivity index (χ1v) is 6.26. The van der Waals surface area contributed by atoms with Crippen LogP contribution in [0, 0.1) is 24.2 Å². The summed E-state index contributed by atoms with van der Waals surface area (Å²) in [5, 5.41) is 11.5. The highest BCUT2D eigenvalue weighted by molar-refractivity contribution is 5.85. The van der Waals surface area contributed by atoms with E-state index in [1.165, 1.54) is 0 Å². The second-order valence-electron chi connectivity index (χ2n) is 4.69. The van der Waals surface area contributed by atoms with Gasteiger partial charge in [-0.1, -0.05) is 12.8 Å². The van der Waals surface area contributed by atoms with Crippen molar-refractivity contribution in [1.29, 1.82) is 0 Å². The fourth-order valence-corrected chi connectivity index (χ4v) is 2.43. The molecule has 1 aliphatic carbocycles. The largest absolute Gasteiger partial charge is 0.480 e. The van der Waals surface area contributed by atoms with Crippen LogP contribution < -0.4 is 11.1 Å². The molecule has 1 fully saturated rings. The van der Waals surface area contributed by atoms with Crippen molar-refractivity contribution < 1.29 is 14.7 Å². The lowest BCUT2D eigenvalue weighted by Gasteiger charge is -2.30. The fraction of sp³-hybridized carbons (Fsp3) is 0.692. The number of nitrogens with one attached hydrogen (secondary N) is 1. The Hall–Kier alpha value is -1.54. The van der Waals surface area contributed by atoms with Crippen molar-refractivity contribution >= 4 is 11.9 Å². The summed E-state index contributed by atoms with van der Waals surface area (Å²) in [5.41, 5.74) is 5.65. The van der Waals surface area contributed by atoms with Crippen LogP contribution in [0.2, 0.25) is 0 Å². The predicted molar refractivity (Wildman–Crippen MR) is 67.5 cm³/mol. The van der Waals surface area contributed by atoms with Gasteiger partial charge in [0.2, 0.25) is 5.91 Å². The first kappa shape index (κ1) is 14.5. The normalized spacial score (nSPS) is 24.9. The van der Waals surface area contributed by atoms with Gasteiger partial charge in [0.05, 0.1) is 0 Å². The maximum Gasteiger partial charge on any atom is 0.327 e. The molecule has 1 aliphatic rings. The molecule has 0 aromatic carbocycles. The SMILES string of the molecule is C#CCC(NC(=O)C1CCCCC1CN)C(=O)O. The van der Waals surface area contributed by atoms with E-state index in [0.717, 1.165) is 25.7 Å². The molecule has 4 N–H and O–H groups in total. The molecule has 3 unspecified atom stereocenters. The minimum atomic E-state index is -1.10. The Balaban J connectivity index is 2.62. The van der Waals surface area contributed by atoms with Crippen LogP contribution in [0.25, 0.3) is 0 Å². The van der Waals surface area contributed by atoms with E-state index in [2.05, 4.69) is 11.2 Å². The van der Waals surface area contributed by atoms with Gasteiger partial charge in [0.1, 0.15) is 6.04 Å². The van der Waals surface area contributed by atoms with Crippen molar-refractivity contribution in [3.8, 4) is 12.3 Å². The van der Waals surface area contributed by atoms with Crippen LogP contribution in [-0.2, 0) is 9.59 Å². The summed E-state index contributed by atoms with van der Waals surface area (Å²) in [6, 6.07) is -0.997. The number of aliphatic carboxylic acids is 1. The zero-order chi connectivity index (χ0) is 13.5. The molecule has 18 heavy (non-hydrogen) atoms. The van der Waals surface area contributed by atoms with Crippen molar-refractivity contribution in [2.45, 2.75) is 38.1 Å². The molecule has 0 radical (unpaired) electrons. The molecule has 5 heteroatoms. The van der Waals surface area contributed by atoms with Crippen molar-refractivity contribution in [3.05, 3.63) is 0 Å². The first-order chi connectivity index (χ1) is 8.60. The number of carbonyl (C=O) groups is 2. The van der Waals surface area contributed by atoms with Crippen LogP contribution >= 0.6 is 0 Å². The second kappa shape index (κ2) is 7.02. The summed E-state index contributed by atoms with van der Waals surface area (Å²) >= 11 is 0. The molecule has 3 atom stereocenters. The maximum absolute atomic E-state index is 12.1. The van der Waals surface area contributed by atoms with Crippen molar-refractivity contribution in [3.63, 3.8) is 0 Å². The van der Waals surface area contributed by atoms with Crippen LogP contribution in [0.1, 0.15) is 32.1 Å². The molecule has 0 bridgehead atoms. The summed E-state index contributed by atoms with van der Waals surface area (Å²) in [7, 11) is 0. The third-order valence-electron chi connectivity index (χ3n) is 3.49. The predicted octanol–water partition coefficient (Wildman–Crippen LogP) is 0.344. The maximum atomic E-state index is 12.1. The Morgan fingerprint density at radius 1 is 1.44 bits per heavy atom. The van der Waals surface area contributed by atoms with Gasteiger partial charge in [-0.3, -0.25) is 4.79 Å². The summed E-state index contributed by atoms with van der Waals surface area (Å²) < 4.78 is 0. The Bertz CT molecular complexity index is 349. The van der Waals surface area contributed by atoms with Crippen molar-refractivity contribution in [1.82, 2.24) is 5.32 Å². The molecule has 0 aliphatic heterocycles. The number of hydrogen-bond acceptors (Lipinski definition) is 3. The zero-order valence-electron chi connectivity index (χ0n) is 10.4. The van der Waals surface area contributed by atoms with E-state index < -0.39 is 12.0 Å². The quantitative estimate of drug-likeness (QED) is 0.615. The van der Waals surface area contributed by atoms with Gasteiger partial charge >= 0.3 is 5.97 Å². The van der Waals surface area contributed by atoms with Gasteiger partial charge in [0, 0.05) is 12.3 Å². The molecule has 0 heterocycles. The minimum Gasteiger partial charge on any atom is -0.480 e. The third kappa shape index (κ3) is 3.74. The molecule has 0 aromatic heterocycles. The van der Waals surface area contributed by atoms with Gasteiger partial charge in [-0.25, -0.2) is 4.79 Å². The Labute approximate surface area is 107 Å². The lowest BCUT2D eigenvalue weighted by atomic mass is 9.78. The van der Waals surface area contributed by atoms with Crippen LogP contribution in [0.15, 0.2) is 0 Å². The third-order valence-corrected chi connectivity index (χ3v) is 3.49. The average Bonchev–Trinajstić information content (AvgIpc) is 2.37. The highest BCUT2D eigenvalue weighted by Gasteiger charge is 2.32. The average molecular weight is 252 g/mol. The van der Waals surface area contributed by atoms with E-state index in [4.69, 9.17) is 17.3 Å². The summed E-state index contributed by atoms with van der Waals surface area (Å²) in [5.74, 6) is 0.912. The van der Waals surface area contributed by atoms with Crippen molar-refractivity contribution in [2.75, 3.05) is 6.54 Å². The molecular formula is C13H20N2O3. The molecular weight excluding hydrogens is 232 g/mol. The molecule has 1 rings (SSSR count). The second-order valence-corrected chi connectivity index (χ2v) is 4.69. The number of carboxylic acids is 1. The van der Waals surface area contributed by atoms with Crippen LogP contribution in [0.3, 0.4) is 0 Å². The number of amides is 1. The lowest BCUT2D eigenvalue weighted by Crippen LogP contribution is -2.46. The van der Waals surface area contributed by atoms with E-state index in [1.807, 2.05) is 0 Å². The Kier molecular flexibility index (Phi) is 5.66. The van der Waals surface area contributed by atoms with Gasteiger partial charge in [0.25, 0.3) is 0 Å². The zero-order valence-corrected chi connectivity index (χ0v) is 10.4. The molecule has 1 amide bonds. The smallest absolute Gasteiger partial charge is 0.327 e. The molecule has 0 spiro atoms. The number of nitrogens with two attached hydrogens (primary N) is 1. The standard InChI is InChI=1S/C13H20N2O3/c1-2-5-11(13(17)18)15-12(16)10-7-4-3-6-9(10)8-14/h1,9-11H,3-8,14H2,(H,15,16)(H,17,18). The number of carbonyl (C=O) groups excluding carboxylic acids is 1. The van der Waals surface area contributed by atoms with E-state index in [9.17, 15) is 9.59 Å². The topological polar surface area (TPSA) is 92.4 Å². The Morgan fingerprint density at radius 3 is 2.67 bits per heavy atom. The minimum absolute atomic E-state index is 0.00108. The highest BCUT2D eigenvalue weighted by atomic mass is 16.4. The van der Waals surface area contributed by atoms with Gasteiger partial charge in [-0.15, -0.1) is 12.3 Å². The van der Waals surface area contributed by atoms with Crippen LogP contribution in [0.5, 0.6) is 0 Å². The van der Waals surface area contributed by atoms with Gasteiger partial charge in [0.15, 0.2) is 0 Å². The van der Waals surface area contributed by atoms with Crippen molar-refractivity contribution in [2.24, 2.45) is 17.6 Å². The Morgan fingerprint density at radius 2 is 2.11 bits per heavy atom. The number of hydrogen-bond donors (Lipinski definition) is 3. The molecule has 0 saturated heterocycles. The van der Waals surface area contributed by atoms with Crippen LogP contribution in [-0.4, -0.2) is 29.6 Å². The number of terminal acetylenes is 1. The fourth-order valence-electron chi connectivity index (χ4n) is 2.43. The number of rotatable bonds is 5. The molecule has 0 aromatic rings. The van der Waals surface area contributed by atoms with E-state index in [0.29, 0.717) is 6.54 Å². The monoisotopic (exact) mass is 252 g/mol. The highest BCUT2D eigenvalue weighted by Crippen LogP contribution is 2.29. The van der Waals surface area contributed by atoms with Gasteiger partial charge < -0.3 is 16.2 Å². The lowest BCUT2D eigenvalue weighted by molar-refractivity contribution is -0.142. The van der Waals surface area contributed by atoms with Gasteiger partial charge in [-0.05, 0) is 25.3 Å². The summed E-state index contributed by atoms with van der Waals surface area (Å²) in [6.07, 6.45) is 8.87. The molecule has 100 valence electrons. The number of carboxylic acid groups (broad SMARTS) is 1. The summed E-state index contributed by atoms with van der Waals surface area (Å²) in [4.78, 5) is 23.0.